The van der Waals surface area contributed by atoms with Crippen molar-refractivity contribution in [2.75, 3.05) is 23.8 Å². The van der Waals surface area contributed by atoms with E-state index in [0.29, 0.717) is 35.3 Å². The van der Waals surface area contributed by atoms with Gasteiger partial charge in [-0.05, 0) is 55.8 Å². The fraction of sp³-hybridized carbons (Fsp3) is 0.208. The first-order chi connectivity index (χ1) is 15.8. The lowest BCUT2D eigenvalue weighted by atomic mass is 10.2. The van der Waals surface area contributed by atoms with E-state index >= 15 is 0 Å². The van der Waals surface area contributed by atoms with E-state index in [-0.39, 0.29) is 34.1 Å². The zero-order valence-electron chi connectivity index (χ0n) is 18.0. The summed E-state index contributed by atoms with van der Waals surface area (Å²) in [6.45, 7) is 4.36. The Hall–Kier alpha value is -2.80. The van der Waals surface area contributed by atoms with Gasteiger partial charge in [-0.1, -0.05) is 52.5 Å². The molecule has 0 saturated carbocycles. The third-order valence-electron chi connectivity index (χ3n) is 4.57. The van der Waals surface area contributed by atoms with Gasteiger partial charge in [0.15, 0.2) is 23.9 Å². The smallest absolute Gasteiger partial charge is 0.262 e. The van der Waals surface area contributed by atoms with Crippen LogP contribution in [-0.4, -0.2) is 24.2 Å². The molecule has 0 bridgehead atoms. The summed E-state index contributed by atoms with van der Waals surface area (Å²) in [5, 5.41) is 16.2. The molecule has 0 aliphatic rings. The number of nitrogens with one attached hydrogen (secondary N) is 2. The van der Waals surface area contributed by atoms with Gasteiger partial charge in [-0.3, -0.25) is 4.79 Å². The molecule has 6 nitrogen and oxygen atoms in total. The summed E-state index contributed by atoms with van der Waals surface area (Å²) >= 11 is 18.4. The number of anilines is 2. The van der Waals surface area contributed by atoms with Crippen LogP contribution in [0.1, 0.15) is 18.1 Å². The highest BCUT2D eigenvalue weighted by atomic mass is 35.5. The molecule has 174 valence electrons. The largest absolute Gasteiger partial charge is 0.505 e. The number of rotatable bonds is 9. The fourth-order valence-corrected chi connectivity index (χ4v) is 3.74. The van der Waals surface area contributed by atoms with E-state index in [4.69, 9.17) is 44.3 Å². The average molecular weight is 510 g/mol. The number of phenolic OH excluding ortho intramolecular Hbond substituents is 1. The molecule has 9 heteroatoms. The van der Waals surface area contributed by atoms with Gasteiger partial charge in [0.2, 0.25) is 0 Å². The van der Waals surface area contributed by atoms with Crippen LogP contribution in [-0.2, 0) is 11.3 Å². The number of benzene rings is 3. The van der Waals surface area contributed by atoms with Crippen molar-refractivity contribution in [3.63, 3.8) is 0 Å². The Balaban J connectivity index is 1.68. The molecule has 0 radical (unpaired) electrons. The number of aromatic hydroxyl groups is 1. The van der Waals surface area contributed by atoms with Crippen LogP contribution in [0.5, 0.6) is 17.2 Å². The maximum atomic E-state index is 12.3. The van der Waals surface area contributed by atoms with Gasteiger partial charge in [-0.15, -0.1) is 0 Å². The molecule has 0 aliphatic heterocycles. The van der Waals surface area contributed by atoms with E-state index in [1.807, 2.05) is 38.1 Å². The molecule has 1 amide bonds. The SMILES string of the molecule is CCOc1cc(CNc2cc(Cl)c(O)c(Cl)c2)cc(Cl)c1OCC(=O)Nc1ccc(C)cc1. The van der Waals surface area contributed by atoms with Crippen LogP contribution in [0.3, 0.4) is 0 Å². The topological polar surface area (TPSA) is 79.8 Å². The summed E-state index contributed by atoms with van der Waals surface area (Å²) in [5.74, 6) is 0.228. The minimum absolute atomic E-state index is 0.144. The van der Waals surface area contributed by atoms with Crippen LogP contribution >= 0.6 is 34.8 Å². The van der Waals surface area contributed by atoms with Gasteiger partial charge in [-0.25, -0.2) is 0 Å². The zero-order valence-corrected chi connectivity index (χ0v) is 20.3. The van der Waals surface area contributed by atoms with Crippen molar-refractivity contribution in [2.24, 2.45) is 0 Å². The molecular weight excluding hydrogens is 487 g/mol. The monoisotopic (exact) mass is 508 g/mol. The molecular formula is C24H23Cl3N2O4. The number of carbonyl (C=O) groups is 1. The van der Waals surface area contributed by atoms with Crippen LogP contribution in [0.2, 0.25) is 15.1 Å². The molecule has 0 aromatic heterocycles. The van der Waals surface area contributed by atoms with E-state index < -0.39 is 0 Å². The van der Waals surface area contributed by atoms with Gasteiger partial charge < -0.3 is 25.2 Å². The molecule has 3 N–H and O–H groups in total. The van der Waals surface area contributed by atoms with Crippen molar-refractivity contribution >= 4 is 52.1 Å². The summed E-state index contributed by atoms with van der Waals surface area (Å²) in [4.78, 5) is 12.3. The molecule has 3 aromatic rings. The molecule has 3 rings (SSSR count). The molecule has 0 heterocycles. The Morgan fingerprint density at radius 3 is 2.24 bits per heavy atom. The fourth-order valence-electron chi connectivity index (χ4n) is 2.97. The Bertz CT molecular complexity index is 1110. The Kier molecular flexibility index (Phi) is 8.55. The summed E-state index contributed by atoms with van der Waals surface area (Å²) in [7, 11) is 0. The van der Waals surface area contributed by atoms with E-state index in [1.165, 1.54) is 0 Å². The number of halogens is 3. The number of hydrogen-bond donors (Lipinski definition) is 3. The van der Waals surface area contributed by atoms with Crippen LogP contribution in [0.4, 0.5) is 11.4 Å². The van der Waals surface area contributed by atoms with Gasteiger partial charge in [0, 0.05) is 17.9 Å². The number of amides is 1. The lowest BCUT2D eigenvalue weighted by Gasteiger charge is -2.16. The third kappa shape index (κ3) is 6.84. The van der Waals surface area contributed by atoms with Crippen molar-refractivity contribution in [2.45, 2.75) is 20.4 Å². The van der Waals surface area contributed by atoms with Gasteiger partial charge in [0.05, 0.1) is 21.7 Å². The minimum Gasteiger partial charge on any atom is -0.505 e. The standard InChI is InChI=1S/C24H23Cl3N2O4/c1-3-32-21-9-15(12-28-17-10-18(25)23(31)19(26)11-17)8-20(27)24(21)33-13-22(30)29-16-6-4-14(2)5-7-16/h4-11,28,31H,3,12-13H2,1-2H3,(H,29,30). The third-order valence-corrected chi connectivity index (χ3v) is 5.42. The highest BCUT2D eigenvalue weighted by Crippen LogP contribution is 2.38. The van der Waals surface area contributed by atoms with Gasteiger partial charge in [-0.2, -0.15) is 0 Å². The first kappa shape index (κ1) is 24.8. The van der Waals surface area contributed by atoms with Crippen molar-refractivity contribution in [1.82, 2.24) is 0 Å². The lowest BCUT2D eigenvalue weighted by molar-refractivity contribution is -0.118. The van der Waals surface area contributed by atoms with Crippen molar-refractivity contribution in [1.29, 1.82) is 0 Å². The molecule has 0 unspecified atom stereocenters. The van der Waals surface area contributed by atoms with Crippen LogP contribution < -0.4 is 20.1 Å². The van der Waals surface area contributed by atoms with Gasteiger partial charge in [0.1, 0.15) is 0 Å². The van der Waals surface area contributed by atoms with E-state index in [9.17, 15) is 9.90 Å². The van der Waals surface area contributed by atoms with Crippen molar-refractivity contribution < 1.29 is 19.4 Å². The maximum Gasteiger partial charge on any atom is 0.262 e. The normalized spacial score (nSPS) is 10.6. The molecule has 0 spiro atoms. The van der Waals surface area contributed by atoms with E-state index in [1.54, 1.807) is 24.3 Å². The summed E-state index contributed by atoms with van der Waals surface area (Å²) in [5.41, 5.74) is 3.22. The summed E-state index contributed by atoms with van der Waals surface area (Å²) < 4.78 is 11.4. The second-order valence-corrected chi connectivity index (χ2v) is 8.40. The lowest BCUT2D eigenvalue weighted by Crippen LogP contribution is -2.20. The zero-order chi connectivity index (χ0) is 24.0. The second-order valence-electron chi connectivity index (χ2n) is 7.18. The molecule has 0 aliphatic carbocycles. The molecule has 0 fully saturated rings. The number of hydrogen-bond acceptors (Lipinski definition) is 5. The molecule has 0 atom stereocenters. The predicted octanol–water partition coefficient (Wildman–Crippen LogP) is 6.69. The first-order valence-electron chi connectivity index (χ1n) is 10.1. The van der Waals surface area contributed by atoms with Gasteiger partial charge in [0.25, 0.3) is 5.91 Å². The Morgan fingerprint density at radius 2 is 1.61 bits per heavy atom. The quantitative estimate of drug-likeness (QED) is 0.280. The van der Waals surface area contributed by atoms with Crippen molar-refractivity contribution in [3.05, 3.63) is 74.7 Å². The Morgan fingerprint density at radius 1 is 0.939 bits per heavy atom. The molecule has 3 aromatic carbocycles. The van der Waals surface area contributed by atoms with Crippen molar-refractivity contribution in [3.8, 4) is 17.2 Å². The van der Waals surface area contributed by atoms with E-state index in [2.05, 4.69) is 10.6 Å². The second kappa shape index (κ2) is 11.4. The highest BCUT2D eigenvalue weighted by Gasteiger charge is 2.15. The number of ether oxygens (including phenoxy) is 2. The van der Waals surface area contributed by atoms with Gasteiger partial charge >= 0.3 is 0 Å². The summed E-state index contributed by atoms with van der Waals surface area (Å²) in [6.07, 6.45) is 0. The maximum absolute atomic E-state index is 12.3. The number of carbonyl (C=O) groups excluding carboxylic acids is 1. The van der Waals surface area contributed by atoms with Crippen LogP contribution in [0.15, 0.2) is 48.5 Å². The highest BCUT2D eigenvalue weighted by molar-refractivity contribution is 6.37. The summed E-state index contributed by atoms with van der Waals surface area (Å²) in [6, 6.07) is 14.1. The molecule has 0 saturated heterocycles. The predicted molar refractivity (Wildman–Crippen MR) is 133 cm³/mol. The first-order valence-corrected chi connectivity index (χ1v) is 11.3. The Labute approximate surface area is 207 Å². The average Bonchev–Trinajstić information content (AvgIpc) is 2.77. The number of phenols is 1. The minimum atomic E-state index is -0.316. The number of aryl methyl sites for hydroxylation is 1. The van der Waals surface area contributed by atoms with Crippen LogP contribution in [0.25, 0.3) is 0 Å². The van der Waals surface area contributed by atoms with Crippen LogP contribution in [0, 0.1) is 6.92 Å². The molecule has 33 heavy (non-hydrogen) atoms. The van der Waals surface area contributed by atoms with E-state index in [0.717, 1.165) is 11.1 Å².